The lowest BCUT2D eigenvalue weighted by Crippen LogP contribution is -2.43. The Morgan fingerprint density at radius 3 is 2.48 bits per heavy atom. The van der Waals surface area contributed by atoms with Crippen LogP contribution in [0.3, 0.4) is 0 Å². The monoisotopic (exact) mass is 757 g/mol. The summed E-state index contributed by atoms with van der Waals surface area (Å²) in [4.78, 5) is 40.5. The van der Waals surface area contributed by atoms with Gasteiger partial charge in [-0.15, -0.1) is 11.3 Å². The molecule has 1 fully saturated rings. The normalized spacial score (nSPS) is 13.0. The summed E-state index contributed by atoms with van der Waals surface area (Å²) >= 11 is 9.04. The molecule has 3 heterocycles. The van der Waals surface area contributed by atoms with Crippen LogP contribution in [-0.4, -0.2) is 60.7 Å². The molecule has 0 unspecified atom stereocenters. The molecule has 0 bridgehead atoms. The Morgan fingerprint density at radius 1 is 1.12 bits per heavy atom. The summed E-state index contributed by atoms with van der Waals surface area (Å²) in [6.45, 7) is 13.9. The summed E-state index contributed by atoms with van der Waals surface area (Å²) in [5, 5.41) is 17.3. The van der Waals surface area contributed by atoms with Crippen molar-refractivity contribution >= 4 is 58.1 Å². The molecular formula is C38H40ClN7O4S2. The van der Waals surface area contributed by atoms with Gasteiger partial charge in [-0.1, -0.05) is 61.5 Å². The van der Waals surface area contributed by atoms with Crippen molar-refractivity contribution in [1.82, 2.24) is 15.3 Å². The van der Waals surface area contributed by atoms with Crippen molar-refractivity contribution in [3.05, 3.63) is 81.6 Å². The molecule has 1 aliphatic heterocycles. The zero-order valence-electron chi connectivity index (χ0n) is 29.1. The molecule has 1 amide bonds. The van der Waals surface area contributed by atoms with E-state index in [1.807, 2.05) is 55.6 Å². The van der Waals surface area contributed by atoms with Crippen molar-refractivity contribution in [3.8, 4) is 33.5 Å². The molecule has 0 aliphatic carbocycles. The maximum absolute atomic E-state index is 12.7. The molecule has 1 saturated heterocycles. The van der Waals surface area contributed by atoms with Gasteiger partial charge in [-0.3, -0.25) is 4.79 Å². The highest BCUT2D eigenvalue weighted by atomic mass is 35.5. The standard InChI is InChI=1S/C38H40ClN7O4S2/c1-24(2)20-31(44-32(47)14-15-40)38(48)50-19-18-49-29-12-8-25(9-13-29)33-30(21-41)37(45-35(34(33)42-3)46-16-4-5-17-46)52-23-28-22-51-36(43-28)26-6-10-27(39)11-7-26/h6-13,22,24,31H,4-5,14-20,23,40H2,1-2H3,(H,44,47)/t31-/m0/s1. The maximum atomic E-state index is 12.7. The molecule has 4 aromatic rings. The van der Waals surface area contributed by atoms with Gasteiger partial charge in [-0.05, 0) is 55.0 Å². The quantitative estimate of drug-likeness (QED) is 0.0506. The third-order valence-corrected chi connectivity index (χ3v) is 10.4. The van der Waals surface area contributed by atoms with Crippen LogP contribution in [0.25, 0.3) is 26.5 Å². The predicted octanol–water partition coefficient (Wildman–Crippen LogP) is 7.64. The SMILES string of the molecule is [C-]#[N+]c1c(N2CCCC2)nc(SCc2csc(-c3ccc(Cl)cc3)n2)c(C#N)c1-c1ccc(OCCOC(=O)[C@H](CC(C)C)NC(=O)CCN)cc1. The van der Waals surface area contributed by atoms with Gasteiger partial charge < -0.3 is 25.4 Å². The molecule has 3 N–H and O–H groups in total. The van der Waals surface area contributed by atoms with Crippen LogP contribution < -0.4 is 20.7 Å². The van der Waals surface area contributed by atoms with Crippen LogP contribution >= 0.6 is 34.7 Å². The average Bonchev–Trinajstić information content (AvgIpc) is 3.85. The number of nitrogens with one attached hydrogen (secondary N) is 1. The maximum Gasteiger partial charge on any atom is 0.328 e. The summed E-state index contributed by atoms with van der Waals surface area (Å²) in [5.41, 5.74) is 9.21. The number of esters is 1. The minimum absolute atomic E-state index is 0.00724. The van der Waals surface area contributed by atoms with Gasteiger partial charge in [0.2, 0.25) is 11.6 Å². The molecule has 0 spiro atoms. The molecule has 2 aromatic heterocycles. The van der Waals surface area contributed by atoms with Crippen molar-refractivity contribution < 1.29 is 19.1 Å². The number of thioether (sulfide) groups is 1. The highest BCUT2D eigenvalue weighted by molar-refractivity contribution is 7.98. The van der Waals surface area contributed by atoms with E-state index in [9.17, 15) is 14.9 Å². The van der Waals surface area contributed by atoms with Gasteiger partial charge in [0.1, 0.15) is 46.9 Å². The Labute approximate surface area is 317 Å². The number of ether oxygens (including phenoxy) is 2. The number of nitrogens with zero attached hydrogens (tertiary/aromatic N) is 5. The highest BCUT2D eigenvalue weighted by Crippen LogP contribution is 2.45. The molecule has 0 radical (unpaired) electrons. The van der Waals surface area contributed by atoms with Gasteiger partial charge >= 0.3 is 5.97 Å². The van der Waals surface area contributed by atoms with E-state index in [1.54, 1.807) is 23.5 Å². The molecule has 2 aromatic carbocycles. The predicted molar refractivity (Wildman–Crippen MR) is 206 cm³/mol. The second kappa shape index (κ2) is 18.7. The summed E-state index contributed by atoms with van der Waals surface area (Å²) in [6, 6.07) is 16.3. The number of carbonyl (C=O) groups is 2. The first-order chi connectivity index (χ1) is 25.2. The molecule has 11 nitrogen and oxygen atoms in total. The first kappa shape index (κ1) is 38.6. The summed E-state index contributed by atoms with van der Waals surface area (Å²) in [5.74, 6) is 0.965. The fourth-order valence-electron chi connectivity index (χ4n) is 5.73. The minimum Gasteiger partial charge on any atom is -0.490 e. The van der Waals surface area contributed by atoms with E-state index in [-0.39, 0.29) is 38.0 Å². The number of hydrogen-bond acceptors (Lipinski definition) is 11. The second-order valence-corrected chi connectivity index (χ2v) is 14.8. The fraction of sp³-hybridized carbons (Fsp3) is 0.368. The van der Waals surface area contributed by atoms with Crippen molar-refractivity contribution in [2.24, 2.45) is 11.7 Å². The lowest BCUT2D eigenvalue weighted by Gasteiger charge is -2.22. The number of pyridine rings is 1. The van der Waals surface area contributed by atoms with Crippen molar-refractivity contribution in [3.63, 3.8) is 0 Å². The van der Waals surface area contributed by atoms with Gasteiger partial charge in [-0.2, -0.15) is 5.26 Å². The number of halogens is 1. The molecule has 0 saturated carbocycles. The smallest absolute Gasteiger partial charge is 0.328 e. The van der Waals surface area contributed by atoms with E-state index in [0.29, 0.717) is 56.2 Å². The molecule has 270 valence electrons. The number of aromatic nitrogens is 2. The van der Waals surface area contributed by atoms with Crippen LogP contribution in [0.2, 0.25) is 5.02 Å². The molecule has 1 aliphatic rings. The number of thiazole rings is 1. The number of hydrogen-bond donors (Lipinski definition) is 2. The second-order valence-electron chi connectivity index (χ2n) is 12.5. The number of nitriles is 1. The number of anilines is 1. The highest BCUT2D eigenvalue weighted by Gasteiger charge is 2.27. The molecular weight excluding hydrogens is 718 g/mol. The lowest BCUT2D eigenvalue weighted by molar-refractivity contribution is -0.149. The van der Waals surface area contributed by atoms with Gasteiger partial charge in [0.25, 0.3) is 0 Å². The lowest BCUT2D eigenvalue weighted by atomic mass is 9.99. The largest absolute Gasteiger partial charge is 0.490 e. The Bertz CT molecular complexity index is 1930. The first-order valence-electron chi connectivity index (χ1n) is 17.0. The van der Waals surface area contributed by atoms with E-state index < -0.39 is 12.0 Å². The van der Waals surface area contributed by atoms with Crippen LogP contribution in [-0.2, 0) is 20.1 Å². The van der Waals surface area contributed by atoms with E-state index in [2.05, 4.69) is 21.1 Å². The number of nitrogens with two attached hydrogens (primary N) is 1. The number of carbonyl (C=O) groups excluding carboxylic acids is 2. The van der Waals surface area contributed by atoms with Crippen LogP contribution in [0, 0.1) is 23.8 Å². The Balaban J connectivity index is 1.31. The molecule has 1 atom stereocenters. The van der Waals surface area contributed by atoms with Crippen molar-refractivity contribution in [2.45, 2.75) is 56.4 Å². The zero-order valence-corrected chi connectivity index (χ0v) is 31.5. The van der Waals surface area contributed by atoms with Gasteiger partial charge in [-0.25, -0.2) is 19.6 Å². The van der Waals surface area contributed by atoms with Crippen LogP contribution in [0.15, 0.2) is 58.9 Å². The summed E-state index contributed by atoms with van der Waals surface area (Å²) < 4.78 is 11.3. The van der Waals surface area contributed by atoms with E-state index in [0.717, 1.165) is 42.2 Å². The van der Waals surface area contributed by atoms with Crippen LogP contribution in [0.1, 0.15) is 50.8 Å². The minimum atomic E-state index is -0.758. The third-order valence-electron chi connectivity index (χ3n) is 8.19. The molecule has 5 rings (SSSR count). The van der Waals surface area contributed by atoms with Crippen molar-refractivity contribution in [1.29, 1.82) is 5.26 Å². The number of rotatable bonds is 16. The van der Waals surface area contributed by atoms with Crippen LogP contribution in [0.4, 0.5) is 11.5 Å². The van der Waals surface area contributed by atoms with E-state index in [4.69, 9.17) is 43.3 Å². The Kier molecular flexibility index (Phi) is 13.9. The Hall–Kier alpha value is -4.66. The van der Waals surface area contributed by atoms with Gasteiger partial charge in [0.15, 0.2) is 0 Å². The average molecular weight is 758 g/mol. The summed E-state index contributed by atoms with van der Waals surface area (Å²) in [7, 11) is 0. The molecule has 14 heteroatoms. The topological polar surface area (TPSA) is 148 Å². The van der Waals surface area contributed by atoms with Crippen molar-refractivity contribution in [2.75, 3.05) is 37.7 Å². The van der Waals surface area contributed by atoms with Gasteiger partial charge in [0.05, 0.1) is 17.8 Å². The van der Waals surface area contributed by atoms with Gasteiger partial charge in [0, 0.05) is 53.3 Å². The third kappa shape index (κ3) is 10.0. The zero-order chi connectivity index (χ0) is 37.0. The molecule has 52 heavy (non-hydrogen) atoms. The summed E-state index contributed by atoms with van der Waals surface area (Å²) in [6.07, 6.45) is 2.59. The fourth-order valence-corrected chi connectivity index (χ4v) is 7.66. The van der Waals surface area contributed by atoms with E-state index >= 15 is 0 Å². The number of amides is 1. The van der Waals surface area contributed by atoms with Crippen LogP contribution in [0.5, 0.6) is 5.75 Å². The first-order valence-corrected chi connectivity index (χ1v) is 19.3. The number of benzene rings is 2. The Morgan fingerprint density at radius 2 is 1.83 bits per heavy atom. The van der Waals surface area contributed by atoms with E-state index in [1.165, 1.54) is 11.8 Å².